The normalized spacial score (nSPS) is 17.2. The molecule has 32 heavy (non-hydrogen) atoms. The lowest BCUT2D eigenvalue weighted by Crippen LogP contribution is -2.51. The second-order valence-corrected chi connectivity index (χ2v) is 9.30. The van der Waals surface area contributed by atoms with Crippen LogP contribution < -0.4 is 11.2 Å². The van der Waals surface area contributed by atoms with Gasteiger partial charge in [-0.3, -0.25) is 4.79 Å². The number of nitrogens with two attached hydrogens (primary N) is 1. The fourth-order valence-corrected chi connectivity index (χ4v) is 5.11. The molecule has 0 aromatic heterocycles. The Morgan fingerprint density at radius 1 is 1.19 bits per heavy atom. The second-order valence-electron chi connectivity index (χ2n) is 7.41. The Labute approximate surface area is 188 Å². The van der Waals surface area contributed by atoms with Crippen molar-refractivity contribution in [3.8, 4) is 0 Å². The Morgan fingerprint density at radius 3 is 2.34 bits per heavy atom. The molecule has 0 saturated carbocycles. The van der Waals surface area contributed by atoms with E-state index in [2.05, 4.69) is 16.1 Å². The van der Waals surface area contributed by atoms with E-state index in [1.165, 1.54) is 23.5 Å². The number of amides is 1. The number of aryl methyl sites for hydroxylation is 1. The van der Waals surface area contributed by atoms with Crippen LogP contribution >= 0.6 is 0 Å². The van der Waals surface area contributed by atoms with Crippen molar-refractivity contribution in [3.05, 3.63) is 65.7 Å². The van der Waals surface area contributed by atoms with Crippen LogP contribution in [-0.4, -0.2) is 55.4 Å². The molecule has 2 atom stereocenters. The lowest BCUT2D eigenvalue weighted by Gasteiger charge is -2.25. The summed E-state index contributed by atoms with van der Waals surface area (Å²) in [6, 6.07) is 13.4. The summed E-state index contributed by atoms with van der Waals surface area (Å²) in [5.41, 5.74) is 1.71. The number of benzene rings is 2. The summed E-state index contributed by atoms with van der Waals surface area (Å²) in [4.78, 5) is 28.3. The number of carbonyl (C=O) groups is 2. The third-order valence-electron chi connectivity index (χ3n) is 5.03. The average Bonchev–Trinajstić information content (AvgIpc) is 3.26. The summed E-state index contributed by atoms with van der Waals surface area (Å²) < 4.78 is 27.2. The maximum atomic E-state index is 13.0. The van der Waals surface area contributed by atoms with Gasteiger partial charge in [-0.05, 0) is 37.5 Å². The summed E-state index contributed by atoms with van der Waals surface area (Å²) in [5.74, 6) is 2.61. The van der Waals surface area contributed by atoms with Gasteiger partial charge in [0, 0.05) is 13.0 Å². The molecule has 0 aliphatic carbocycles. The van der Waals surface area contributed by atoms with Crippen LogP contribution in [0.25, 0.3) is 0 Å². The number of nitrogens with one attached hydrogen (secondary N) is 1. The number of hydrogen-bond donors (Lipinski definition) is 3. The van der Waals surface area contributed by atoms with E-state index < -0.39 is 34.0 Å². The molecule has 0 spiro atoms. The van der Waals surface area contributed by atoms with Gasteiger partial charge in [-0.25, -0.2) is 19.1 Å². The number of hydrogen-bond acceptors (Lipinski definition) is 6. The topological polar surface area (TPSA) is 139 Å². The van der Waals surface area contributed by atoms with Crippen molar-refractivity contribution >= 4 is 21.9 Å². The monoisotopic (exact) mass is 463 g/mol. The zero-order valence-electron chi connectivity index (χ0n) is 18.1. The quantitative estimate of drug-likeness (QED) is 0.528. The van der Waals surface area contributed by atoms with Crippen LogP contribution in [0.15, 0.2) is 59.5 Å². The first-order valence-corrected chi connectivity index (χ1v) is 11.5. The average molecular weight is 464 g/mol. The Morgan fingerprint density at radius 2 is 1.78 bits per heavy atom. The van der Waals surface area contributed by atoms with Gasteiger partial charge in [0.1, 0.15) is 12.1 Å². The van der Waals surface area contributed by atoms with E-state index in [0.717, 1.165) is 11.1 Å². The van der Waals surface area contributed by atoms with E-state index >= 15 is 0 Å². The minimum absolute atomic E-state index is 0.124. The maximum absolute atomic E-state index is 13.0. The fraction of sp³-hybridized carbons (Fsp3) is 0.364. The van der Waals surface area contributed by atoms with Crippen LogP contribution in [0.1, 0.15) is 24.0 Å². The first kappa shape index (κ1) is 25.5. The molecule has 0 radical (unpaired) electrons. The number of aliphatic carboxylic acids is 1. The molecular weight excluding hydrogens is 434 g/mol. The SMILES string of the molecule is CON.Cc1ccc(S(=O)(=O)N2CCC[C@H]2C(=O)N[C@@H](Cc2ccccc2)C(=O)O)cc1. The molecule has 9 nitrogen and oxygen atoms in total. The number of rotatable bonds is 7. The fourth-order valence-electron chi connectivity index (χ4n) is 3.45. The van der Waals surface area contributed by atoms with Crippen LogP contribution in [0.3, 0.4) is 0 Å². The van der Waals surface area contributed by atoms with E-state index in [0.29, 0.717) is 12.8 Å². The smallest absolute Gasteiger partial charge is 0.326 e. The first-order chi connectivity index (χ1) is 15.2. The van der Waals surface area contributed by atoms with Gasteiger partial charge < -0.3 is 15.3 Å². The number of carbonyl (C=O) groups excluding carboxylic acids is 1. The standard InChI is InChI=1S/C21H24N2O5S.CH5NO/c1-15-9-11-17(12-10-15)29(27,28)23-13-5-8-19(23)20(24)22-18(21(25)26)14-16-6-3-2-4-7-16;1-3-2/h2-4,6-7,9-12,18-19H,5,8,13-14H2,1H3,(H,22,24)(H,25,26);2H2,1H3/t18-,19-;/m0./s1. The Balaban J connectivity index is 0.00000114. The van der Waals surface area contributed by atoms with Crippen molar-refractivity contribution in [2.75, 3.05) is 13.7 Å². The van der Waals surface area contributed by atoms with E-state index in [4.69, 9.17) is 0 Å². The summed E-state index contributed by atoms with van der Waals surface area (Å²) >= 11 is 0. The largest absolute Gasteiger partial charge is 0.480 e. The molecule has 1 heterocycles. The zero-order valence-corrected chi connectivity index (χ0v) is 18.9. The highest BCUT2D eigenvalue weighted by Gasteiger charge is 2.40. The van der Waals surface area contributed by atoms with Gasteiger partial charge in [-0.15, -0.1) is 0 Å². The third kappa shape index (κ3) is 6.60. The molecule has 1 aliphatic heterocycles. The Hall–Kier alpha value is -2.79. The van der Waals surface area contributed by atoms with Gasteiger partial charge in [-0.2, -0.15) is 4.31 Å². The molecule has 1 aliphatic rings. The molecule has 0 unspecified atom stereocenters. The zero-order chi connectivity index (χ0) is 23.7. The van der Waals surface area contributed by atoms with E-state index in [1.54, 1.807) is 36.4 Å². The van der Waals surface area contributed by atoms with Gasteiger partial charge in [0.15, 0.2) is 0 Å². The highest BCUT2D eigenvalue weighted by atomic mass is 32.2. The Bertz CT molecular complexity index is 996. The third-order valence-corrected chi connectivity index (χ3v) is 6.95. The van der Waals surface area contributed by atoms with Crippen molar-refractivity contribution in [2.45, 2.75) is 43.2 Å². The molecule has 1 saturated heterocycles. The van der Waals surface area contributed by atoms with E-state index in [9.17, 15) is 23.1 Å². The van der Waals surface area contributed by atoms with Crippen LogP contribution in [0, 0.1) is 6.92 Å². The lowest BCUT2D eigenvalue weighted by atomic mass is 10.1. The minimum Gasteiger partial charge on any atom is -0.480 e. The summed E-state index contributed by atoms with van der Waals surface area (Å²) in [6.45, 7) is 2.09. The van der Waals surface area contributed by atoms with Crippen LogP contribution in [0.2, 0.25) is 0 Å². The molecule has 0 bridgehead atoms. The minimum atomic E-state index is -3.84. The molecule has 174 valence electrons. The summed E-state index contributed by atoms with van der Waals surface area (Å²) in [6.07, 6.45) is 1.02. The molecule has 2 aromatic rings. The molecule has 2 aromatic carbocycles. The van der Waals surface area contributed by atoms with Crippen molar-refractivity contribution in [2.24, 2.45) is 5.90 Å². The van der Waals surface area contributed by atoms with Crippen LogP contribution in [0.4, 0.5) is 0 Å². The molecule has 1 fully saturated rings. The molecule has 3 rings (SSSR count). The number of carboxylic acids is 1. The van der Waals surface area contributed by atoms with Gasteiger partial charge in [0.2, 0.25) is 15.9 Å². The molecule has 4 N–H and O–H groups in total. The number of sulfonamides is 1. The highest BCUT2D eigenvalue weighted by molar-refractivity contribution is 7.89. The van der Waals surface area contributed by atoms with Crippen LogP contribution in [0.5, 0.6) is 0 Å². The van der Waals surface area contributed by atoms with Gasteiger partial charge >= 0.3 is 5.97 Å². The highest BCUT2D eigenvalue weighted by Crippen LogP contribution is 2.26. The van der Waals surface area contributed by atoms with Crippen molar-refractivity contribution in [3.63, 3.8) is 0 Å². The molecular formula is C22H29N3O6S. The van der Waals surface area contributed by atoms with E-state index in [-0.39, 0.29) is 17.9 Å². The Kier molecular flexibility index (Phi) is 9.33. The predicted molar refractivity (Wildman–Crippen MR) is 119 cm³/mol. The molecule has 1 amide bonds. The van der Waals surface area contributed by atoms with Crippen molar-refractivity contribution < 1.29 is 28.0 Å². The first-order valence-electron chi connectivity index (χ1n) is 10.1. The predicted octanol–water partition coefficient (Wildman–Crippen LogP) is 1.47. The second kappa shape index (κ2) is 11.7. The lowest BCUT2D eigenvalue weighted by molar-refractivity contribution is -0.142. The van der Waals surface area contributed by atoms with Crippen molar-refractivity contribution in [1.82, 2.24) is 9.62 Å². The van der Waals surface area contributed by atoms with E-state index in [1.807, 2.05) is 13.0 Å². The van der Waals surface area contributed by atoms with Crippen molar-refractivity contribution in [1.29, 1.82) is 0 Å². The summed E-state index contributed by atoms with van der Waals surface area (Å²) in [7, 11) is -2.44. The maximum Gasteiger partial charge on any atom is 0.326 e. The number of carboxylic acid groups (broad SMARTS) is 1. The summed E-state index contributed by atoms with van der Waals surface area (Å²) in [5, 5.41) is 12.0. The van der Waals surface area contributed by atoms with Gasteiger partial charge in [0.05, 0.1) is 12.0 Å². The van der Waals surface area contributed by atoms with Gasteiger partial charge in [0.25, 0.3) is 0 Å². The number of nitrogens with zero attached hydrogens (tertiary/aromatic N) is 1. The van der Waals surface area contributed by atoms with Crippen LogP contribution in [-0.2, 0) is 30.9 Å². The molecule has 10 heteroatoms. The van der Waals surface area contributed by atoms with Gasteiger partial charge in [-0.1, -0.05) is 48.0 Å².